The van der Waals surface area contributed by atoms with Crippen molar-refractivity contribution < 1.29 is 4.52 Å². The zero-order valence-electron chi connectivity index (χ0n) is 11.4. The summed E-state index contributed by atoms with van der Waals surface area (Å²) in [5, 5.41) is 4.06. The van der Waals surface area contributed by atoms with Crippen LogP contribution in [0.15, 0.2) is 4.52 Å². The lowest BCUT2D eigenvalue weighted by Gasteiger charge is -2.33. The molecular formula is C13H23ClN4O. The van der Waals surface area contributed by atoms with Gasteiger partial charge in [0.15, 0.2) is 5.82 Å². The van der Waals surface area contributed by atoms with Crippen molar-refractivity contribution in [1.29, 1.82) is 0 Å². The Bertz CT molecular complexity index is 405. The molecule has 2 atom stereocenters. The Labute approximate surface area is 120 Å². The minimum absolute atomic E-state index is 0. The van der Waals surface area contributed by atoms with Crippen LogP contribution in [0.2, 0.25) is 0 Å². The lowest BCUT2D eigenvalue weighted by Crippen LogP contribution is -2.41. The van der Waals surface area contributed by atoms with Crippen LogP contribution >= 0.6 is 12.4 Å². The third kappa shape index (κ3) is 3.68. The number of nitrogens with zero attached hydrogens (tertiary/aromatic N) is 3. The highest BCUT2D eigenvalue weighted by atomic mass is 35.5. The molecule has 1 aliphatic heterocycles. The molecule has 2 N–H and O–H groups in total. The number of rotatable bonds is 4. The summed E-state index contributed by atoms with van der Waals surface area (Å²) in [6.45, 7) is 5.05. The molecule has 19 heavy (non-hydrogen) atoms. The van der Waals surface area contributed by atoms with Crippen molar-refractivity contribution in [3.63, 3.8) is 0 Å². The third-order valence-corrected chi connectivity index (χ3v) is 4.07. The molecule has 2 unspecified atom stereocenters. The number of likely N-dealkylation sites (tertiary alicyclic amines) is 1. The first-order valence-electron chi connectivity index (χ1n) is 7.03. The van der Waals surface area contributed by atoms with Crippen LogP contribution in [-0.2, 0) is 6.54 Å². The molecule has 1 aromatic rings. The van der Waals surface area contributed by atoms with Gasteiger partial charge in [-0.05, 0) is 45.1 Å². The van der Waals surface area contributed by atoms with Gasteiger partial charge in [-0.15, -0.1) is 12.4 Å². The highest BCUT2D eigenvalue weighted by Gasteiger charge is 2.29. The minimum atomic E-state index is 0. The topological polar surface area (TPSA) is 68.2 Å². The van der Waals surface area contributed by atoms with Crippen molar-refractivity contribution in [2.24, 2.45) is 11.7 Å². The average Bonchev–Trinajstić information content (AvgIpc) is 3.11. The van der Waals surface area contributed by atoms with Crippen molar-refractivity contribution >= 4 is 12.4 Å². The highest BCUT2D eigenvalue weighted by molar-refractivity contribution is 5.85. The van der Waals surface area contributed by atoms with E-state index in [2.05, 4.69) is 22.0 Å². The zero-order valence-corrected chi connectivity index (χ0v) is 12.2. The van der Waals surface area contributed by atoms with Crippen molar-refractivity contribution in [2.75, 3.05) is 13.1 Å². The van der Waals surface area contributed by atoms with Gasteiger partial charge in [0, 0.05) is 18.5 Å². The Morgan fingerprint density at radius 3 is 2.89 bits per heavy atom. The van der Waals surface area contributed by atoms with E-state index in [1.807, 2.05) is 0 Å². The number of hydrogen-bond acceptors (Lipinski definition) is 5. The summed E-state index contributed by atoms with van der Waals surface area (Å²) in [4.78, 5) is 6.88. The molecule has 2 aliphatic rings. The molecule has 1 saturated carbocycles. The molecule has 5 nitrogen and oxygen atoms in total. The van der Waals surface area contributed by atoms with Gasteiger partial charge in [0.1, 0.15) is 0 Å². The molecule has 3 rings (SSSR count). The van der Waals surface area contributed by atoms with Crippen LogP contribution in [0.3, 0.4) is 0 Å². The van der Waals surface area contributed by atoms with Crippen LogP contribution in [0, 0.1) is 5.92 Å². The molecule has 0 aromatic carbocycles. The molecule has 2 fully saturated rings. The van der Waals surface area contributed by atoms with E-state index in [0.717, 1.165) is 31.3 Å². The van der Waals surface area contributed by atoms with E-state index in [1.165, 1.54) is 25.7 Å². The SMILES string of the molecule is CC(N)C1CCCN(Cc2nc(C3CC3)no2)C1.Cl. The summed E-state index contributed by atoms with van der Waals surface area (Å²) < 4.78 is 5.33. The highest BCUT2D eigenvalue weighted by Crippen LogP contribution is 2.38. The van der Waals surface area contributed by atoms with Crippen molar-refractivity contribution in [3.05, 3.63) is 11.7 Å². The second kappa shape index (κ2) is 6.20. The van der Waals surface area contributed by atoms with Crippen LogP contribution in [-0.4, -0.2) is 34.2 Å². The Balaban J connectivity index is 0.00000133. The number of piperidine rings is 1. The Kier molecular flexibility index (Phi) is 4.81. The number of aromatic nitrogens is 2. The van der Waals surface area contributed by atoms with E-state index in [-0.39, 0.29) is 18.4 Å². The molecule has 1 saturated heterocycles. The summed E-state index contributed by atoms with van der Waals surface area (Å²) in [6, 6.07) is 0.275. The number of halogens is 1. The Hall–Kier alpha value is -0.650. The maximum absolute atomic E-state index is 6.00. The molecule has 0 amide bonds. The summed E-state index contributed by atoms with van der Waals surface area (Å²) in [6.07, 6.45) is 4.89. The van der Waals surface area contributed by atoms with Crippen molar-refractivity contribution in [2.45, 2.75) is 51.1 Å². The molecule has 1 aromatic heterocycles. The Morgan fingerprint density at radius 1 is 1.42 bits per heavy atom. The fourth-order valence-electron chi connectivity index (χ4n) is 2.69. The second-order valence-corrected chi connectivity index (χ2v) is 5.82. The maximum atomic E-state index is 6.00. The van der Waals surface area contributed by atoms with Crippen molar-refractivity contribution in [3.8, 4) is 0 Å². The molecule has 6 heteroatoms. The van der Waals surface area contributed by atoms with Crippen molar-refractivity contribution in [1.82, 2.24) is 15.0 Å². The summed E-state index contributed by atoms with van der Waals surface area (Å²) in [5.41, 5.74) is 6.00. The van der Waals surface area contributed by atoms with Gasteiger partial charge < -0.3 is 10.3 Å². The second-order valence-electron chi connectivity index (χ2n) is 5.82. The first-order valence-corrected chi connectivity index (χ1v) is 7.03. The van der Waals surface area contributed by atoms with Gasteiger partial charge in [-0.25, -0.2) is 0 Å². The molecule has 108 valence electrons. The molecule has 0 spiro atoms. The first-order chi connectivity index (χ1) is 8.72. The van der Waals surface area contributed by atoms with Gasteiger partial charge in [0.2, 0.25) is 5.89 Å². The molecule has 0 bridgehead atoms. The monoisotopic (exact) mass is 286 g/mol. The van der Waals surface area contributed by atoms with Gasteiger partial charge in [0.25, 0.3) is 0 Å². The Morgan fingerprint density at radius 2 is 2.21 bits per heavy atom. The lowest BCUT2D eigenvalue weighted by molar-refractivity contribution is 0.139. The van der Waals surface area contributed by atoms with Gasteiger partial charge in [-0.3, -0.25) is 4.90 Å². The minimum Gasteiger partial charge on any atom is -0.338 e. The average molecular weight is 287 g/mol. The van der Waals surface area contributed by atoms with Gasteiger partial charge in [0.05, 0.1) is 6.54 Å². The van der Waals surface area contributed by atoms with Crippen LogP contribution in [0.1, 0.15) is 50.2 Å². The van der Waals surface area contributed by atoms with E-state index in [1.54, 1.807) is 0 Å². The van der Waals surface area contributed by atoms with Gasteiger partial charge in [-0.1, -0.05) is 5.16 Å². The van der Waals surface area contributed by atoms with Gasteiger partial charge in [-0.2, -0.15) is 4.98 Å². The predicted octanol–water partition coefficient (Wildman–Crippen LogP) is 1.93. The van der Waals surface area contributed by atoms with E-state index < -0.39 is 0 Å². The number of nitrogens with two attached hydrogens (primary N) is 1. The fraction of sp³-hybridized carbons (Fsp3) is 0.846. The lowest BCUT2D eigenvalue weighted by atomic mass is 9.92. The van der Waals surface area contributed by atoms with Crippen LogP contribution < -0.4 is 5.73 Å². The van der Waals surface area contributed by atoms with E-state index >= 15 is 0 Å². The molecule has 1 aliphatic carbocycles. The summed E-state index contributed by atoms with van der Waals surface area (Å²) in [5.74, 6) is 2.85. The predicted molar refractivity (Wildman–Crippen MR) is 75.2 cm³/mol. The quantitative estimate of drug-likeness (QED) is 0.916. The van der Waals surface area contributed by atoms with E-state index in [9.17, 15) is 0 Å². The smallest absolute Gasteiger partial charge is 0.240 e. The molecule has 2 heterocycles. The van der Waals surface area contributed by atoms with Gasteiger partial charge >= 0.3 is 0 Å². The van der Waals surface area contributed by atoms with Crippen LogP contribution in [0.5, 0.6) is 0 Å². The standard InChI is InChI=1S/C13H22N4O.ClH/c1-9(14)11-3-2-6-17(7-11)8-12-15-13(16-18-12)10-4-5-10;/h9-11H,2-8,14H2,1H3;1H. The zero-order chi connectivity index (χ0) is 12.5. The van der Waals surface area contributed by atoms with Crippen LogP contribution in [0.4, 0.5) is 0 Å². The summed E-state index contributed by atoms with van der Waals surface area (Å²) >= 11 is 0. The number of hydrogen-bond donors (Lipinski definition) is 1. The fourth-order valence-corrected chi connectivity index (χ4v) is 2.69. The largest absolute Gasteiger partial charge is 0.338 e. The van der Waals surface area contributed by atoms with E-state index in [0.29, 0.717) is 11.8 Å². The van der Waals surface area contributed by atoms with E-state index in [4.69, 9.17) is 10.3 Å². The molecule has 0 radical (unpaired) electrons. The normalized spacial score (nSPS) is 25.9. The summed E-state index contributed by atoms with van der Waals surface area (Å²) in [7, 11) is 0. The third-order valence-electron chi connectivity index (χ3n) is 4.07. The maximum Gasteiger partial charge on any atom is 0.240 e. The molecular weight excluding hydrogens is 264 g/mol. The van der Waals surface area contributed by atoms with Crippen LogP contribution in [0.25, 0.3) is 0 Å². The first kappa shape index (κ1) is 14.8.